The largest absolute Gasteiger partial charge is 0.478 e. The molecule has 0 amide bonds. The number of halogens is 1. The van der Waals surface area contributed by atoms with Crippen LogP contribution in [0.15, 0.2) is 22.7 Å². The molecule has 1 aromatic carbocycles. The van der Waals surface area contributed by atoms with Gasteiger partial charge in [-0.05, 0) is 36.7 Å². The highest BCUT2D eigenvalue weighted by Crippen LogP contribution is 2.30. The molecule has 1 fully saturated rings. The van der Waals surface area contributed by atoms with Crippen LogP contribution in [-0.2, 0) is 0 Å². The Morgan fingerprint density at radius 3 is 2.79 bits per heavy atom. The summed E-state index contributed by atoms with van der Waals surface area (Å²) in [5.74, 6) is -0.877. The second kappa shape index (κ2) is 3.71. The van der Waals surface area contributed by atoms with Crippen LogP contribution in [0, 0.1) is 0 Å². The van der Waals surface area contributed by atoms with Gasteiger partial charge in [-0.1, -0.05) is 15.9 Å². The van der Waals surface area contributed by atoms with Crippen molar-refractivity contribution in [2.75, 3.05) is 6.54 Å². The minimum Gasteiger partial charge on any atom is -0.478 e. The molecule has 0 saturated carbocycles. The van der Waals surface area contributed by atoms with Crippen molar-refractivity contribution >= 4 is 21.9 Å². The van der Waals surface area contributed by atoms with Crippen LogP contribution in [-0.4, -0.2) is 17.6 Å². The molecule has 1 atom stereocenters. The highest BCUT2D eigenvalue weighted by Gasteiger charge is 2.21. The van der Waals surface area contributed by atoms with Crippen molar-refractivity contribution in [2.45, 2.75) is 12.5 Å². The molecule has 2 rings (SSSR count). The third kappa shape index (κ3) is 1.67. The molecular formula is C10H10BrNO2. The lowest BCUT2D eigenvalue weighted by molar-refractivity contribution is 0.0696. The van der Waals surface area contributed by atoms with E-state index < -0.39 is 5.97 Å². The number of hydrogen-bond donors (Lipinski definition) is 2. The summed E-state index contributed by atoms with van der Waals surface area (Å²) < 4.78 is 0.972. The van der Waals surface area contributed by atoms with Crippen LogP contribution in [0.3, 0.4) is 0 Å². The average molecular weight is 256 g/mol. The number of carboxylic acid groups (broad SMARTS) is 1. The SMILES string of the molecule is O=C(O)c1ccc(Br)c(C2CCN2)c1. The molecule has 1 unspecified atom stereocenters. The van der Waals surface area contributed by atoms with Crippen LogP contribution < -0.4 is 5.32 Å². The third-order valence-electron chi connectivity index (χ3n) is 2.44. The van der Waals surface area contributed by atoms with E-state index >= 15 is 0 Å². The van der Waals surface area contributed by atoms with E-state index in [0.717, 1.165) is 23.0 Å². The smallest absolute Gasteiger partial charge is 0.335 e. The molecule has 2 N–H and O–H groups in total. The van der Waals surface area contributed by atoms with Gasteiger partial charge in [0.1, 0.15) is 0 Å². The molecule has 4 heteroatoms. The first-order valence-corrected chi connectivity index (χ1v) is 5.24. The fourth-order valence-corrected chi connectivity index (χ4v) is 2.02. The van der Waals surface area contributed by atoms with E-state index in [0.29, 0.717) is 11.6 Å². The Bertz CT molecular complexity index is 374. The van der Waals surface area contributed by atoms with Gasteiger partial charge in [0.25, 0.3) is 0 Å². The van der Waals surface area contributed by atoms with E-state index in [9.17, 15) is 4.79 Å². The number of hydrogen-bond acceptors (Lipinski definition) is 2. The van der Waals surface area contributed by atoms with Gasteiger partial charge in [0.2, 0.25) is 0 Å². The van der Waals surface area contributed by atoms with Gasteiger partial charge in [-0.2, -0.15) is 0 Å². The van der Waals surface area contributed by atoms with Gasteiger partial charge in [-0.25, -0.2) is 4.79 Å². The minimum absolute atomic E-state index is 0.309. The topological polar surface area (TPSA) is 49.3 Å². The van der Waals surface area contributed by atoms with Gasteiger partial charge < -0.3 is 10.4 Å². The average Bonchev–Trinajstić information content (AvgIpc) is 2.05. The van der Waals surface area contributed by atoms with E-state index in [2.05, 4.69) is 21.2 Å². The van der Waals surface area contributed by atoms with Crippen LogP contribution in [0.2, 0.25) is 0 Å². The van der Waals surface area contributed by atoms with E-state index in [1.165, 1.54) is 0 Å². The summed E-state index contributed by atoms with van der Waals surface area (Å²) in [6.45, 7) is 1.01. The van der Waals surface area contributed by atoms with E-state index in [4.69, 9.17) is 5.11 Å². The maximum atomic E-state index is 10.8. The van der Waals surface area contributed by atoms with Crippen LogP contribution >= 0.6 is 15.9 Å². The number of carbonyl (C=O) groups is 1. The molecule has 0 bridgehead atoms. The van der Waals surface area contributed by atoms with Crippen molar-refractivity contribution in [3.05, 3.63) is 33.8 Å². The van der Waals surface area contributed by atoms with Gasteiger partial charge in [0, 0.05) is 10.5 Å². The summed E-state index contributed by atoms with van der Waals surface area (Å²) in [6.07, 6.45) is 1.07. The normalized spacial score (nSPS) is 20.2. The zero-order valence-electron chi connectivity index (χ0n) is 7.46. The van der Waals surface area contributed by atoms with Gasteiger partial charge in [0.05, 0.1) is 5.56 Å². The fourth-order valence-electron chi connectivity index (χ4n) is 1.50. The summed E-state index contributed by atoms with van der Waals surface area (Å²) >= 11 is 3.42. The molecular weight excluding hydrogens is 246 g/mol. The zero-order valence-corrected chi connectivity index (χ0v) is 9.04. The quantitative estimate of drug-likeness (QED) is 0.852. The van der Waals surface area contributed by atoms with E-state index in [-0.39, 0.29) is 0 Å². The van der Waals surface area contributed by atoms with Crippen LogP contribution in [0.4, 0.5) is 0 Å². The summed E-state index contributed by atoms with van der Waals surface area (Å²) in [6, 6.07) is 5.43. The molecule has 1 aliphatic heterocycles. The fraction of sp³-hybridized carbons (Fsp3) is 0.300. The second-order valence-electron chi connectivity index (χ2n) is 3.34. The van der Waals surface area contributed by atoms with Gasteiger partial charge >= 0.3 is 5.97 Å². The lowest BCUT2D eigenvalue weighted by atomic mass is 9.96. The Kier molecular flexibility index (Phi) is 2.56. The molecule has 0 aliphatic carbocycles. The van der Waals surface area contributed by atoms with Crippen LogP contribution in [0.1, 0.15) is 28.4 Å². The standard InChI is InChI=1S/C10H10BrNO2/c11-8-2-1-6(10(13)14)5-7(8)9-3-4-12-9/h1-2,5,9,12H,3-4H2,(H,13,14). The summed E-state index contributed by atoms with van der Waals surface area (Å²) in [5, 5.41) is 12.1. The van der Waals surface area contributed by atoms with Crippen molar-refractivity contribution in [1.82, 2.24) is 5.32 Å². The van der Waals surface area contributed by atoms with Crippen molar-refractivity contribution < 1.29 is 9.90 Å². The molecule has 1 aliphatic rings. The predicted octanol–water partition coefficient (Wildman–Crippen LogP) is 2.18. The Morgan fingerprint density at radius 1 is 1.57 bits per heavy atom. The van der Waals surface area contributed by atoms with Crippen LogP contribution in [0.5, 0.6) is 0 Å². The van der Waals surface area contributed by atoms with Crippen LogP contribution in [0.25, 0.3) is 0 Å². The molecule has 74 valence electrons. The van der Waals surface area contributed by atoms with Gasteiger partial charge in [-0.3, -0.25) is 0 Å². The number of aromatic carboxylic acids is 1. The Morgan fingerprint density at radius 2 is 2.29 bits per heavy atom. The maximum Gasteiger partial charge on any atom is 0.335 e. The Labute approximate surface area is 90.3 Å². The summed E-state index contributed by atoms with van der Waals surface area (Å²) in [4.78, 5) is 10.8. The van der Waals surface area contributed by atoms with E-state index in [1.807, 2.05) is 0 Å². The first-order chi connectivity index (χ1) is 6.68. The highest BCUT2D eigenvalue weighted by molar-refractivity contribution is 9.10. The first-order valence-electron chi connectivity index (χ1n) is 4.44. The van der Waals surface area contributed by atoms with Crippen molar-refractivity contribution in [3.8, 4) is 0 Å². The molecule has 1 saturated heterocycles. The monoisotopic (exact) mass is 255 g/mol. The van der Waals surface area contributed by atoms with E-state index in [1.54, 1.807) is 18.2 Å². The third-order valence-corrected chi connectivity index (χ3v) is 3.16. The van der Waals surface area contributed by atoms with Crippen molar-refractivity contribution in [3.63, 3.8) is 0 Å². The summed E-state index contributed by atoms with van der Waals surface area (Å²) in [5.41, 5.74) is 1.38. The van der Waals surface area contributed by atoms with Gasteiger partial charge in [-0.15, -0.1) is 0 Å². The first kappa shape index (κ1) is 9.68. The molecule has 3 nitrogen and oxygen atoms in total. The predicted molar refractivity (Wildman–Crippen MR) is 56.5 cm³/mol. The number of nitrogens with one attached hydrogen (secondary N) is 1. The minimum atomic E-state index is -0.877. The molecule has 1 aromatic rings. The van der Waals surface area contributed by atoms with Gasteiger partial charge in [0.15, 0.2) is 0 Å². The van der Waals surface area contributed by atoms with Crippen molar-refractivity contribution in [1.29, 1.82) is 0 Å². The molecule has 1 heterocycles. The number of rotatable bonds is 2. The maximum absolute atomic E-state index is 10.8. The lowest BCUT2D eigenvalue weighted by Gasteiger charge is -2.29. The zero-order chi connectivity index (χ0) is 10.1. The second-order valence-corrected chi connectivity index (χ2v) is 4.19. The van der Waals surface area contributed by atoms with Crippen molar-refractivity contribution in [2.24, 2.45) is 0 Å². The molecule has 14 heavy (non-hydrogen) atoms. The summed E-state index contributed by atoms with van der Waals surface area (Å²) in [7, 11) is 0. The Balaban J connectivity index is 2.36. The number of benzene rings is 1. The number of carboxylic acids is 1. The lowest BCUT2D eigenvalue weighted by Crippen LogP contribution is -2.35. The molecule has 0 radical (unpaired) electrons. The molecule has 0 spiro atoms. The Hall–Kier alpha value is -0.870. The highest BCUT2D eigenvalue weighted by atomic mass is 79.9. The molecule has 0 aromatic heterocycles.